The van der Waals surface area contributed by atoms with Gasteiger partial charge in [-0.05, 0) is 36.4 Å². The van der Waals surface area contributed by atoms with Gasteiger partial charge in [0, 0.05) is 6.20 Å². The summed E-state index contributed by atoms with van der Waals surface area (Å²) in [6.45, 7) is 0. The second-order valence-corrected chi connectivity index (χ2v) is 5.85. The molecule has 0 amide bonds. The summed E-state index contributed by atoms with van der Waals surface area (Å²) in [5.41, 5.74) is -0.754. The van der Waals surface area contributed by atoms with Crippen molar-refractivity contribution in [3.8, 4) is 6.07 Å². The van der Waals surface area contributed by atoms with E-state index in [4.69, 9.17) is 5.26 Å². The molecule has 2 aromatic rings. The van der Waals surface area contributed by atoms with E-state index < -0.39 is 21.8 Å². The van der Waals surface area contributed by atoms with Crippen molar-refractivity contribution in [1.82, 2.24) is 4.98 Å². The van der Waals surface area contributed by atoms with Gasteiger partial charge in [-0.15, -0.1) is 0 Å². The summed E-state index contributed by atoms with van der Waals surface area (Å²) in [5, 5.41) is 8.72. The fourth-order valence-corrected chi connectivity index (χ4v) is 2.57. The Balaban J connectivity index is 2.29. The second kappa shape index (κ2) is 5.65. The Morgan fingerprint density at radius 1 is 1.14 bits per heavy atom. The summed E-state index contributed by atoms with van der Waals surface area (Å²) in [4.78, 5) is 3.39. The van der Waals surface area contributed by atoms with Crippen molar-refractivity contribution in [2.24, 2.45) is 0 Å². The molecule has 0 fully saturated rings. The lowest BCUT2D eigenvalue weighted by molar-refractivity contribution is -0.137. The third kappa shape index (κ3) is 3.53. The van der Waals surface area contributed by atoms with Gasteiger partial charge < -0.3 is 0 Å². The first kappa shape index (κ1) is 15.8. The van der Waals surface area contributed by atoms with E-state index >= 15 is 0 Å². The van der Waals surface area contributed by atoms with Gasteiger partial charge in [-0.1, -0.05) is 0 Å². The van der Waals surface area contributed by atoms with E-state index in [1.807, 2.05) is 6.07 Å². The van der Waals surface area contributed by atoms with Gasteiger partial charge in [0.1, 0.15) is 5.82 Å². The zero-order valence-electron chi connectivity index (χ0n) is 10.8. The van der Waals surface area contributed by atoms with Gasteiger partial charge in [0.15, 0.2) is 0 Å². The van der Waals surface area contributed by atoms with Crippen LogP contribution in [0.15, 0.2) is 47.5 Å². The number of anilines is 1. The summed E-state index contributed by atoms with van der Waals surface area (Å²) >= 11 is 0. The van der Waals surface area contributed by atoms with Crippen LogP contribution in [0.5, 0.6) is 0 Å². The minimum Gasteiger partial charge on any atom is -0.263 e. The first-order chi connectivity index (χ1) is 10.2. The van der Waals surface area contributed by atoms with Gasteiger partial charge >= 0.3 is 6.18 Å². The maximum absolute atomic E-state index is 12.4. The highest BCUT2D eigenvalue weighted by molar-refractivity contribution is 7.92. The molecule has 1 heterocycles. The summed E-state index contributed by atoms with van der Waals surface area (Å²) < 4.78 is 63.5. The average molecular weight is 327 g/mol. The summed E-state index contributed by atoms with van der Waals surface area (Å²) in [6, 6.07) is 7.45. The fraction of sp³-hybridized carbons (Fsp3) is 0.0769. The van der Waals surface area contributed by atoms with E-state index in [0.29, 0.717) is 12.1 Å². The molecular weight excluding hydrogens is 319 g/mol. The highest BCUT2D eigenvalue weighted by Crippen LogP contribution is 2.29. The lowest BCUT2D eigenvalue weighted by Gasteiger charge is -2.09. The molecule has 9 heteroatoms. The Kier molecular flexibility index (Phi) is 4.05. The van der Waals surface area contributed by atoms with Crippen molar-refractivity contribution >= 4 is 15.8 Å². The van der Waals surface area contributed by atoms with Crippen molar-refractivity contribution in [2.75, 3.05) is 4.72 Å². The van der Waals surface area contributed by atoms with Crippen molar-refractivity contribution in [1.29, 1.82) is 5.26 Å². The Labute approximate surface area is 124 Å². The van der Waals surface area contributed by atoms with Gasteiger partial charge in [0.25, 0.3) is 10.0 Å². The number of benzene rings is 1. The van der Waals surface area contributed by atoms with Crippen LogP contribution in [0, 0.1) is 11.3 Å². The van der Waals surface area contributed by atoms with E-state index in [0.717, 1.165) is 12.1 Å². The molecule has 5 nitrogen and oxygen atoms in total. The first-order valence-corrected chi connectivity index (χ1v) is 7.27. The van der Waals surface area contributed by atoms with E-state index in [-0.39, 0.29) is 16.3 Å². The average Bonchev–Trinajstić information content (AvgIpc) is 2.46. The van der Waals surface area contributed by atoms with Crippen LogP contribution >= 0.6 is 0 Å². The van der Waals surface area contributed by atoms with Crippen molar-refractivity contribution in [3.63, 3.8) is 0 Å². The Morgan fingerprint density at radius 2 is 1.77 bits per heavy atom. The van der Waals surface area contributed by atoms with Gasteiger partial charge in [0.2, 0.25) is 0 Å². The number of nitriles is 1. The van der Waals surface area contributed by atoms with Crippen LogP contribution < -0.4 is 4.72 Å². The third-order valence-electron chi connectivity index (χ3n) is 2.62. The van der Waals surface area contributed by atoms with Gasteiger partial charge in [-0.3, -0.25) is 4.72 Å². The topological polar surface area (TPSA) is 82.8 Å². The molecule has 0 atom stereocenters. The normalized spacial score (nSPS) is 11.7. The smallest absolute Gasteiger partial charge is 0.263 e. The number of halogens is 3. The zero-order valence-corrected chi connectivity index (χ0v) is 11.6. The fourth-order valence-electron chi connectivity index (χ4n) is 1.58. The lowest BCUT2D eigenvalue weighted by Crippen LogP contribution is -2.14. The molecule has 2 rings (SSSR count). The molecule has 0 aliphatic carbocycles. The van der Waals surface area contributed by atoms with Crippen molar-refractivity contribution < 1.29 is 21.6 Å². The molecule has 1 aromatic heterocycles. The highest BCUT2D eigenvalue weighted by Gasteiger charge is 2.30. The molecule has 22 heavy (non-hydrogen) atoms. The zero-order chi connectivity index (χ0) is 16.4. The molecule has 1 aromatic carbocycles. The van der Waals surface area contributed by atoms with Crippen LogP contribution in [-0.4, -0.2) is 13.4 Å². The highest BCUT2D eigenvalue weighted by atomic mass is 32.2. The number of hydrogen-bond donors (Lipinski definition) is 1. The number of alkyl halides is 3. The summed E-state index contributed by atoms with van der Waals surface area (Å²) in [6.07, 6.45) is -3.30. The van der Waals surface area contributed by atoms with E-state index in [2.05, 4.69) is 9.71 Å². The van der Waals surface area contributed by atoms with Crippen LogP contribution in [0.4, 0.5) is 19.0 Å². The van der Waals surface area contributed by atoms with Crippen LogP contribution in [0.3, 0.4) is 0 Å². The monoisotopic (exact) mass is 327 g/mol. The van der Waals surface area contributed by atoms with Crippen LogP contribution in [-0.2, 0) is 16.2 Å². The number of sulfonamides is 1. The largest absolute Gasteiger partial charge is 0.416 e. The molecule has 0 bridgehead atoms. The van der Waals surface area contributed by atoms with Crippen molar-refractivity contribution in [2.45, 2.75) is 11.1 Å². The molecule has 0 radical (unpaired) electrons. The molecule has 0 unspecified atom stereocenters. The van der Waals surface area contributed by atoms with Gasteiger partial charge in [-0.25, -0.2) is 13.4 Å². The minimum absolute atomic E-state index is 0.0982. The Morgan fingerprint density at radius 3 is 2.32 bits per heavy atom. The quantitative estimate of drug-likeness (QED) is 0.939. The van der Waals surface area contributed by atoms with Gasteiger partial charge in [0.05, 0.1) is 22.1 Å². The molecule has 0 saturated heterocycles. The second-order valence-electron chi connectivity index (χ2n) is 4.17. The number of nitrogens with one attached hydrogen (secondary N) is 1. The predicted molar refractivity (Wildman–Crippen MR) is 71.2 cm³/mol. The molecule has 0 spiro atoms. The SMILES string of the molecule is N#Cc1ccnc(NS(=O)(=O)c2ccc(C(F)(F)F)cc2)c1. The minimum atomic E-state index is -4.54. The molecule has 0 aliphatic heterocycles. The molecule has 0 aliphatic rings. The third-order valence-corrected chi connectivity index (χ3v) is 3.99. The van der Waals surface area contributed by atoms with Gasteiger partial charge in [-0.2, -0.15) is 18.4 Å². The lowest BCUT2D eigenvalue weighted by atomic mass is 10.2. The maximum Gasteiger partial charge on any atom is 0.416 e. The summed E-state index contributed by atoms with van der Waals surface area (Å²) in [7, 11) is -4.09. The molecule has 1 N–H and O–H groups in total. The number of pyridine rings is 1. The van der Waals surface area contributed by atoms with Crippen molar-refractivity contribution in [3.05, 3.63) is 53.7 Å². The van der Waals surface area contributed by atoms with E-state index in [1.165, 1.54) is 18.3 Å². The predicted octanol–water partition coefficient (Wildman–Crippen LogP) is 2.77. The Hall–Kier alpha value is -2.60. The number of hydrogen-bond acceptors (Lipinski definition) is 4. The van der Waals surface area contributed by atoms with Crippen LogP contribution in [0.2, 0.25) is 0 Å². The van der Waals surface area contributed by atoms with E-state index in [9.17, 15) is 21.6 Å². The Bertz CT molecular complexity index is 825. The first-order valence-electron chi connectivity index (χ1n) is 5.78. The molecule has 0 saturated carbocycles. The van der Waals surface area contributed by atoms with Crippen LogP contribution in [0.1, 0.15) is 11.1 Å². The van der Waals surface area contributed by atoms with Crippen LogP contribution in [0.25, 0.3) is 0 Å². The number of nitrogens with zero attached hydrogens (tertiary/aromatic N) is 2. The number of rotatable bonds is 3. The molecule has 114 valence electrons. The molecular formula is C13H8F3N3O2S. The van der Waals surface area contributed by atoms with E-state index in [1.54, 1.807) is 0 Å². The summed E-state index contributed by atoms with van der Waals surface area (Å²) in [5.74, 6) is -0.0982. The standard InChI is InChI=1S/C13H8F3N3O2S/c14-13(15,16)10-1-3-11(4-2-10)22(20,21)19-12-7-9(8-17)5-6-18-12/h1-7H,(H,18,19). The maximum atomic E-state index is 12.4. The number of aromatic nitrogens is 1.